The molecular formula is C42H29N7. The number of nitrogens with zero attached hydrogens (tertiary/aromatic N) is 7. The van der Waals surface area contributed by atoms with Gasteiger partial charge in [-0.1, -0.05) is 73.3 Å². The van der Waals surface area contributed by atoms with Crippen LogP contribution in [0.3, 0.4) is 0 Å². The van der Waals surface area contributed by atoms with E-state index in [0.29, 0.717) is 0 Å². The Labute approximate surface area is 282 Å². The second-order valence-corrected chi connectivity index (χ2v) is 11.8. The van der Waals surface area contributed by atoms with Crippen molar-refractivity contribution in [2.75, 3.05) is 0 Å². The summed E-state index contributed by atoms with van der Waals surface area (Å²) >= 11 is 0. The zero-order chi connectivity index (χ0) is 32.7. The number of rotatable bonds is 7. The van der Waals surface area contributed by atoms with Gasteiger partial charge in [0, 0.05) is 51.3 Å². The van der Waals surface area contributed by atoms with Crippen LogP contribution in [0.25, 0.3) is 84.0 Å². The molecule has 0 fully saturated rings. The van der Waals surface area contributed by atoms with Gasteiger partial charge in [-0.3, -0.25) is 14.5 Å². The van der Waals surface area contributed by atoms with Crippen LogP contribution < -0.4 is 0 Å². The molecule has 0 radical (unpaired) electrons. The first kappa shape index (κ1) is 28.4. The fourth-order valence-electron chi connectivity index (χ4n) is 6.85. The number of pyridine rings is 2. The van der Waals surface area contributed by atoms with Crippen molar-refractivity contribution in [3.8, 4) is 34.2 Å². The van der Waals surface area contributed by atoms with Crippen LogP contribution in [-0.4, -0.2) is 33.9 Å². The van der Waals surface area contributed by atoms with Crippen molar-refractivity contribution >= 4 is 49.8 Å². The van der Waals surface area contributed by atoms with Crippen molar-refractivity contribution < 1.29 is 0 Å². The Morgan fingerprint density at radius 1 is 0.490 bits per heavy atom. The lowest BCUT2D eigenvalue weighted by molar-refractivity contribution is 1.10. The molecule has 7 heteroatoms. The molecule has 0 aliphatic rings. The summed E-state index contributed by atoms with van der Waals surface area (Å²) in [6, 6.07) is 38.1. The number of aromatic nitrogens is 7. The standard InChI is InChI=1S/C42H29N7/c1-2-3-4-9-24-47-41(29-19-21-39-36(25-29)34-15-6-8-17-38(34)48(39)31-12-10-22-43-27-31)45-46-42(47)30-18-20-35-33-14-5-7-16-37(33)49(40(35)26-30)32-13-11-23-44-28-32/h2-28H,1H2/b4-3-,24-9+. The van der Waals surface area contributed by atoms with Crippen LogP contribution >= 0.6 is 0 Å². The summed E-state index contributed by atoms with van der Waals surface area (Å²) in [5.74, 6) is 1.48. The van der Waals surface area contributed by atoms with Gasteiger partial charge in [0.25, 0.3) is 0 Å². The number of para-hydroxylation sites is 2. The molecule has 4 aromatic carbocycles. The Kier molecular flexibility index (Phi) is 6.80. The van der Waals surface area contributed by atoms with E-state index in [4.69, 9.17) is 10.2 Å². The van der Waals surface area contributed by atoms with E-state index in [1.165, 1.54) is 5.39 Å². The minimum Gasteiger partial charge on any atom is -0.308 e. The van der Waals surface area contributed by atoms with E-state index in [1.54, 1.807) is 18.5 Å². The van der Waals surface area contributed by atoms with Gasteiger partial charge in [-0.05, 0) is 66.7 Å². The molecule has 5 aromatic heterocycles. The Morgan fingerprint density at radius 3 is 1.71 bits per heavy atom. The molecule has 5 heterocycles. The van der Waals surface area contributed by atoms with E-state index in [1.807, 2.05) is 49.0 Å². The average Bonchev–Trinajstić information content (AvgIpc) is 3.84. The van der Waals surface area contributed by atoms with Crippen LogP contribution in [0.15, 0.2) is 165 Å². The summed E-state index contributed by atoms with van der Waals surface area (Å²) in [4.78, 5) is 8.81. The molecule has 0 unspecified atom stereocenters. The van der Waals surface area contributed by atoms with Crippen LogP contribution in [0.5, 0.6) is 0 Å². The average molecular weight is 632 g/mol. The maximum atomic E-state index is 4.80. The number of benzene rings is 4. The second kappa shape index (κ2) is 11.7. The number of allylic oxidation sites excluding steroid dienone is 4. The van der Waals surface area contributed by atoms with E-state index in [9.17, 15) is 0 Å². The molecular weight excluding hydrogens is 603 g/mol. The minimum atomic E-state index is 0.737. The van der Waals surface area contributed by atoms with Gasteiger partial charge in [0.1, 0.15) is 0 Å². The zero-order valence-electron chi connectivity index (χ0n) is 26.4. The summed E-state index contributed by atoms with van der Waals surface area (Å²) in [7, 11) is 0. The number of hydrogen-bond donors (Lipinski definition) is 0. The van der Waals surface area contributed by atoms with Gasteiger partial charge in [0.2, 0.25) is 0 Å². The highest BCUT2D eigenvalue weighted by molar-refractivity contribution is 6.11. The molecule has 9 rings (SSSR count). The molecule has 0 amide bonds. The first-order valence-electron chi connectivity index (χ1n) is 16.1. The van der Waals surface area contributed by atoms with Crippen molar-refractivity contribution in [2.24, 2.45) is 0 Å². The molecule has 0 aliphatic carbocycles. The highest BCUT2D eigenvalue weighted by Gasteiger charge is 2.19. The van der Waals surface area contributed by atoms with Gasteiger partial charge in [-0.15, -0.1) is 10.2 Å². The molecule has 232 valence electrons. The van der Waals surface area contributed by atoms with Gasteiger partial charge in [0.15, 0.2) is 11.6 Å². The van der Waals surface area contributed by atoms with Crippen molar-refractivity contribution in [2.45, 2.75) is 0 Å². The highest BCUT2D eigenvalue weighted by atomic mass is 15.3. The summed E-state index contributed by atoms with van der Waals surface area (Å²) in [5.41, 5.74) is 8.35. The monoisotopic (exact) mass is 631 g/mol. The molecule has 0 saturated heterocycles. The van der Waals surface area contributed by atoms with E-state index in [2.05, 4.69) is 127 Å². The molecule has 0 spiro atoms. The smallest absolute Gasteiger partial charge is 0.168 e. The Bertz CT molecular complexity index is 2730. The largest absolute Gasteiger partial charge is 0.308 e. The van der Waals surface area contributed by atoms with Gasteiger partial charge >= 0.3 is 0 Å². The van der Waals surface area contributed by atoms with Gasteiger partial charge in [0.05, 0.1) is 45.8 Å². The molecule has 49 heavy (non-hydrogen) atoms. The third kappa shape index (κ3) is 4.67. The summed E-state index contributed by atoms with van der Waals surface area (Å²) in [5, 5.41) is 14.2. The third-order valence-corrected chi connectivity index (χ3v) is 8.96. The topological polar surface area (TPSA) is 66.3 Å². The van der Waals surface area contributed by atoms with Crippen molar-refractivity contribution in [1.82, 2.24) is 33.9 Å². The summed E-state index contributed by atoms with van der Waals surface area (Å²) < 4.78 is 6.58. The van der Waals surface area contributed by atoms with Crippen molar-refractivity contribution in [3.05, 3.63) is 165 Å². The molecule has 0 atom stereocenters. The Morgan fingerprint density at radius 2 is 1.06 bits per heavy atom. The van der Waals surface area contributed by atoms with Gasteiger partial charge in [-0.25, -0.2) is 0 Å². The summed E-state index contributed by atoms with van der Waals surface area (Å²) in [6.45, 7) is 3.82. The van der Waals surface area contributed by atoms with Crippen LogP contribution in [0.2, 0.25) is 0 Å². The lowest BCUT2D eigenvalue weighted by atomic mass is 10.1. The first-order chi connectivity index (χ1) is 24.3. The second-order valence-electron chi connectivity index (χ2n) is 11.8. The molecule has 0 bridgehead atoms. The van der Waals surface area contributed by atoms with E-state index in [0.717, 1.165) is 72.4 Å². The fraction of sp³-hybridized carbons (Fsp3) is 0. The fourth-order valence-corrected chi connectivity index (χ4v) is 6.85. The number of hydrogen-bond acceptors (Lipinski definition) is 4. The van der Waals surface area contributed by atoms with E-state index in [-0.39, 0.29) is 0 Å². The SMILES string of the molecule is C=C/C=C\C=C\n1c(-c2ccc3c(c2)c2ccccc2n3-c2cccnc2)nnc1-c1ccc2c3ccccc3n(-c3cccnc3)c2c1. The third-order valence-electron chi connectivity index (χ3n) is 8.96. The maximum absolute atomic E-state index is 4.80. The lowest BCUT2D eigenvalue weighted by Crippen LogP contribution is -1.97. The van der Waals surface area contributed by atoms with Crippen LogP contribution in [0.1, 0.15) is 0 Å². The first-order valence-corrected chi connectivity index (χ1v) is 16.1. The summed E-state index contributed by atoms with van der Waals surface area (Å²) in [6.07, 6.45) is 17.0. The molecule has 0 aliphatic heterocycles. The highest BCUT2D eigenvalue weighted by Crippen LogP contribution is 2.37. The lowest BCUT2D eigenvalue weighted by Gasteiger charge is -2.09. The molecule has 9 aromatic rings. The normalized spacial score (nSPS) is 12.0. The Hall–Kier alpha value is -6.86. The van der Waals surface area contributed by atoms with Crippen LogP contribution in [0.4, 0.5) is 0 Å². The van der Waals surface area contributed by atoms with E-state index < -0.39 is 0 Å². The van der Waals surface area contributed by atoms with Crippen molar-refractivity contribution in [3.63, 3.8) is 0 Å². The minimum absolute atomic E-state index is 0.737. The quantitative estimate of drug-likeness (QED) is 0.164. The predicted octanol–water partition coefficient (Wildman–Crippen LogP) is 9.81. The molecule has 0 N–H and O–H groups in total. The van der Waals surface area contributed by atoms with Crippen LogP contribution in [-0.2, 0) is 0 Å². The number of fused-ring (bicyclic) bond motifs is 6. The van der Waals surface area contributed by atoms with Gasteiger partial charge in [-0.2, -0.15) is 0 Å². The zero-order valence-corrected chi connectivity index (χ0v) is 26.4. The Balaban J connectivity index is 1.25. The van der Waals surface area contributed by atoms with Gasteiger partial charge < -0.3 is 9.13 Å². The van der Waals surface area contributed by atoms with Crippen molar-refractivity contribution in [1.29, 1.82) is 0 Å². The van der Waals surface area contributed by atoms with Crippen LogP contribution in [0, 0.1) is 0 Å². The maximum Gasteiger partial charge on any atom is 0.168 e. The molecule has 7 nitrogen and oxygen atoms in total. The molecule has 0 saturated carbocycles. The predicted molar refractivity (Wildman–Crippen MR) is 200 cm³/mol. The van der Waals surface area contributed by atoms with E-state index >= 15 is 0 Å².